The first-order valence-electron chi connectivity index (χ1n) is 6.81. The second-order valence-electron chi connectivity index (χ2n) is 5.75. The van der Waals surface area contributed by atoms with Gasteiger partial charge in [0.25, 0.3) is 0 Å². The van der Waals surface area contributed by atoms with Gasteiger partial charge in [0.15, 0.2) is 0 Å². The Hall–Kier alpha value is -0.620. The molecule has 0 saturated carbocycles. The highest BCUT2D eigenvalue weighted by Crippen LogP contribution is 2.23. The molecule has 0 spiro atoms. The van der Waals surface area contributed by atoms with Crippen LogP contribution in [-0.4, -0.2) is 39.8 Å². The summed E-state index contributed by atoms with van der Waals surface area (Å²) in [4.78, 5) is 0. The zero-order valence-corrected chi connectivity index (χ0v) is 13.4. The van der Waals surface area contributed by atoms with Gasteiger partial charge in [-0.05, 0) is 32.7 Å². The predicted octanol–water partition coefficient (Wildman–Crippen LogP) is 1.68. The lowest BCUT2D eigenvalue weighted by Crippen LogP contribution is -2.32. The molecule has 0 saturated heterocycles. The van der Waals surface area contributed by atoms with Gasteiger partial charge in [0.1, 0.15) is 5.84 Å². The Morgan fingerprint density at radius 2 is 2.11 bits per heavy atom. The van der Waals surface area contributed by atoms with E-state index in [0.717, 1.165) is 38.0 Å². The van der Waals surface area contributed by atoms with Crippen molar-refractivity contribution in [1.29, 1.82) is 0 Å². The van der Waals surface area contributed by atoms with Gasteiger partial charge in [0.05, 0.1) is 0 Å². The molecule has 0 rings (SSSR count). The highest BCUT2D eigenvalue weighted by atomic mass is 32.2. The van der Waals surface area contributed by atoms with E-state index in [0.29, 0.717) is 11.9 Å². The number of unbranched alkanes of at least 4 members (excludes halogenated alkanes) is 1. The topological polar surface area (TPSA) is 87.7 Å². The molecule has 4 N–H and O–H groups in total. The summed E-state index contributed by atoms with van der Waals surface area (Å²) in [6.07, 6.45) is 5.67. The van der Waals surface area contributed by atoms with E-state index in [1.807, 2.05) is 13.8 Å². The van der Waals surface area contributed by atoms with E-state index in [1.165, 1.54) is 0 Å². The molecule has 0 aromatic heterocycles. The van der Waals surface area contributed by atoms with Gasteiger partial charge in [0.2, 0.25) is 0 Å². The van der Waals surface area contributed by atoms with E-state index in [1.54, 1.807) is 6.26 Å². The molecule has 0 aliphatic carbocycles. The molecule has 19 heavy (non-hydrogen) atoms. The van der Waals surface area contributed by atoms with E-state index in [9.17, 15) is 4.21 Å². The van der Waals surface area contributed by atoms with E-state index >= 15 is 0 Å². The van der Waals surface area contributed by atoms with Crippen LogP contribution in [0.1, 0.15) is 46.5 Å². The molecule has 0 fully saturated rings. The van der Waals surface area contributed by atoms with Crippen molar-refractivity contribution in [2.75, 3.05) is 18.6 Å². The van der Waals surface area contributed by atoms with E-state index in [2.05, 4.69) is 17.4 Å². The first-order chi connectivity index (χ1) is 8.79. The monoisotopic (exact) mass is 291 g/mol. The lowest BCUT2D eigenvalue weighted by atomic mass is 9.86. The lowest BCUT2D eigenvalue weighted by Gasteiger charge is -2.22. The molecule has 2 atom stereocenters. The Kier molecular flexibility index (Phi) is 9.01. The van der Waals surface area contributed by atoms with Crippen molar-refractivity contribution in [3.8, 4) is 0 Å². The highest BCUT2D eigenvalue weighted by molar-refractivity contribution is 7.84. The molecule has 0 aromatic carbocycles. The Labute approximate surface area is 119 Å². The van der Waals surface area contributed by atoms with E-state index in [-0.39, 0.29) is 5.41 Å². The predicted molar refractivity (Wildman–Crippen MR) is 82.1 cm³/mol. The van der Waals surface area contributed by atoms with Crippen molar-refractivity contribution >= 4 is 16.6 Å². The van der Waals surface area contributed by atoms with Crippen LogP contribution < -0.4 is 11.1 Å². The van der Waals surface area contributed by atoms with Crippen molar-refractivity contribution in [3.05, 3.63) is 0 Å². The number of nitrogens with zero attached hydrogens (tertiary/aromatic N) is 1. The smallest absolute Gasteiger partial charge is 0.144 e. The fraction of sp³-hybridized carbons (Fsp3) is 0.923. The average molecular weight is 291 g/mol. The highest BCUT2D eigenvalue weighted by Gasteiger charge is 2.22. The largest absolute Gasteiger partial charge is 0.409 e. The molecule has 2 unspecified atom stereocenters. The van der Waals surface area contributed by atoms with Gasteiger partial charge in [-0.3, -0.25) is 4.21 Å². The third-order valence-corrected chi connectivity index (χ3v) is 4.17. The molecular formula is C13H29N3O2S. The molecule has 0 radical (unpaired) electrons. The van der Waals surface area contributed by atoms with Gasteiger partial charge in [-0.15, -0.1) is 0 Å². The van der Waals surface area contributed by atoms with Gasteiger partial charge in [-0.25, -0.2) is 0 Å². The van der Waals surface area contributed by atoms with Crippen LogP contribution in [0.2, 0.25) is 0 Å². The normalized spacial score (nSPS) is 16.3. The van der Waals surface area contributed by atoms with Crippen LogP contribution in [0.25, 0.3) is 0 Å². The van der Waals surface area contributed by atoms with Crippen LogP contribution in [0.4, 0.5) is 0 Å². The number of amidine groups is 1. The number of hydrogen-bond donors (Lipinski definition) is 3. The quantitative estimate of drug-likeness (QED) is 0.188. The molecule has 0 aliphatic rings. The number of nitrogens with two attached hydrogens (primary N) is 1. The minimum Gasteiger partial charge on any atom is -0.409 e. The van der Waals surface area contributed by atoms with Gasteiger partial charge < -0.3 is 16.3 Å². The van der Waals surface area contributed by atoms with E-state index < -0.39 is 10.8 Å². The molecule has 0 bridgehead atoms. The molecule has 0 heterocycles. The van der Waals surface area contributed by atoms with E-state index in [4.69, 9.17) is 10.9 Å². The standard InChI is InChI=1S/C13H29N3O2S/c1-11(7-10-19(4)18)15-9-6-5-8-13(2,3)12(14)16-17/h11,15,17H,5-10H2,1-4H3,(H2,14,16). The molecule has 0 amide bonds. The first-order valence-corrected chi connectivity index (χ1v) is 8.53. The second kappa shape index (κ2) is 9.31. The number of oxime groups is 1. The fourth-order valence-corrected chi connectivity index (χ4v) is 2.43. The van der Waals surface area contributed by atoms with Crippen LogP contribution in [0.5, 0.6) is 0 Å². The van der Waals surface area contributed by atoms with Gasteiger partial charge in [-0.1, -0.05) is 25.4 Å². The van der Waals surface area contributed by atoms with Gasteiger partial charge in [-0.2, -0.15) is 0 Å². The molecule has 114 valence electrons. The summed E-state index contributed by atoms with van der Waals surface area (Å²) in [5.74, 6) is 1.05. The van der Waals surface area contributed by atoms with Crippen molar-refractivity contribution in [2.24, 2.45) is 16.3 Å². The second-order valence-corrected chi connectivity index (χ2v) is 7.30. The summed E-state index contributed by atoms with van der Waals surface area (Å²) >= 11 is 0. The first kappa shape index (κ1) is 18.4. The van der Waals surface area contributed by atoms with Gasteiger partial charge >= 0.3 is 0 Å². The summed E-state index contributed by atoms with van der Waals surface area (Å²) in [5.41, 5.74) is 5.39. The summed E-state index contributed by atoms with van der Waals surface area (Å²) in [7, 11) is -0.704. The number of hydrogen-bond acceptors (Lipinski definition) is 4. The molecule has 6 heteroatoms. The number of nitrogens with one attached hydrogen (secondary N) is 1. The Morgan fingerprint density at radius 3 is 2.63 bits per heavy atom. The zero-order valence-electron chi connectivity index (χ0n) is 12.6. The van der Waals surface area contributed by atoms with Crippen molar-refractivity contribution in [2.45, 2.75) is 52.5 Å². The summed E-state index contributed by atoms with van der Waals surface area (Å²) in [6.45, 7) is 7.03. The summed E-state index contributed by atoms with van der Waals surface area (Å²) < 4.78 is 11.0. The lowest BCUT2D eigenvalue weighted by molar-refractivity contribution is 0.304. The van der Waals surface area contributed by atoms with Crippen LogP contribution >= 0.6 is 0 Å². The van der Waals surface area contributed by atoms with Crippen molar-refractivity contribution < 1.29 is 9.42 Å². The Morgan fingerprint density at radius 1 is 1.47 bits per heavy atom. The minimum atomic E-state index is -0.704. The number of rotatable bonds is 10. The Balaban J connectivity index is 3.68. The van der Waals surface area contributed by atoms with Gasteiger partial charge in [0, 0.05) is 34.3 Å². The fourth-order valence-electron chi connectivity index (χ4n) is 1.75. The molecule has 5 nitrogen and oxygen atoms in total. The van der Waals surface area contributed by atoms with Crippen LogP contribution in [0, 0.1) is 5.41 Å². The molecular weight excluding hydrogens is 262 g/mol. The summed E-state index contributed by atoms with van der Waals surface area (Å²) in [5, 5.41) is 15.2. The average Bonchev–Trinajstić information content (AvgIpc) is 2.34. The van der Waals surface area contributed by atoms with Crippen molar-refractivity contribution in [1.82, 2.24) is 5.32 Å². The third-order valence-electron chi connectivity index (χ3n) is 3.36. The molecule has 0 aromatic rings. The van der Waals surface area contributed by atoms with Crippen molar-refractivity contribution in [3.63, 3.8) is 0 Å². The molecule has 0 aliphatic heterocycles. The van der Waals surface area contributed by atoms with Crippen LogP contribution in [0.15, 0.2) is 5.16 Å². The maximum Gasteiger partial charge on any atom is 0.144 e. The van der Waals surface area contributed by atoms with Crippen LogP contribution in [-0.2, 0) is 10.8 Å². The maximum absolute atomic E-state index is 11.0. The zero-order chi connectivity index (χ0) is 14.9. The Bertz CT molecular complexity index is 306. The van der Waals surface area contributed by atoms with Crippen LogP contribution in [0.3, 0.4) is 0 Å². The maximum atomic E-state index is 11.0. The summed E-state index contributed by atoms with van der Waals surface area (Å²) in [6, 6.07) is 0.404. The minimum absolute atomic E-state index is 0.251. The third kappa shape index (κ3) is 8.99. The SMILES string of the molecule is CC(CCS(C)=O)NCCCCC(C)(C)C(N)=NO.